The number of hydrogen-bond acceptors (Lipinski definition) is 4. The van der Waals surface area contributed by atoms with Crippen molar-refractivity contribution in [2.24, 2.45) is 0 Å². The van der Waals surface area contributed by atoms with Crippen LogP contribution in [0.4, 0.5) is 14.5 Å². The number of anilines is 1. The van der Waals surface area contributed by atoms with Crippen LogP contribution in [0, 0.1) is 11.6 Å². The molecule has 0 aromatic heterocycles. The minimum atomic E-state index is -1.15. The van der Waals surface area contributed by atoms with Gasteiger partial charge >= 0.3 is 5.97 Å². The Morgan fingerprint density at radius 2 is 1.89 bits per heavy atom. The van der Waals surface area contributed by atoms with Crippen LogP contribution in [0.15, 0.2) is 42.5 Å². The monoisotopic (exact) mass is 377 g/mol. The van der Waals surface area contributed by atoms with Crippen molar-refractivity contribution >= 4 is 17.6 Å². The summed E-state index contributed by atoms with van der Waals surface area (Å²) in [7, 11) is 0. The topological polar surface area (TPSA) is 64.6 Å². The van der Waals surface area contributed by atoms with Crippen molar-refractivity contribution in [3.63, 3.8) is 0 Å². The minimum Gasteiger partial charge on any atom is -0.494 e. The molecule has 0 aliphatic rings. The van der Waals surface area contributed by atoms with Crippen molar-refractivity contribution in [2.45, 2.75) is 32.8 Å². The Balaban J connectivity index is 1.88. The average Bonchev–Trinajstić information content (AvgIpc) is 2.64. The quantitative estimate of drug-likeness (QED) is 0.710. The van der Waals surface area contributed by atoms with Gasteiger partial charge in [0.25, 0.3) is 5.91 Å². The Morgan fingerprint density at radius 1 is 1.15 bits per heavy atom. The van der Waals surface area contributed by atoms with Crippen LogP contribution < -0.4 is 10.1 Å². The predicted octanol–water partition coefficient (Wildman–Crippen LogP) is 3.87. The largest absolute Gasteiger partial charge is 0.494 e. The number of para-hydroxylation sites is 1. The highest BCUT2D eigenvalue weighted by Crippen LogP contribution is 2.20. The number of hydrogen-bond donors (Lipinski definition) is 1. The lowest BCUT2D eigenvalue weighted by molar-refractivity contribution is -0.153. The molecule has 1 amide bonds. The lowest BCUT2D eigenvalue weighted by Gasteiger charge is -2.14. The first-order chi connectivity index (χ1) is 12.9. The lowest BCUT2D eigenvalue weighted by Crippen LogP contribution is -2.30. The van der Waals surface area contributed by atoms with Crippen LogP contribution >= 0.6 is 0 Å². The Bertz CT molecular complexity index is 810. The average molecular weight is 377 g/mol. The number of rotatable bonds is 8. The summed E-state index contributed by atoms with van der Waals surface area (Å²) in [5.41, 5.74) is 0.545. The molecule has 0 heterocycles. The van der Waals surface area contributed by atoms with Gasteiger partial charge in [0.15, 0.2) is 6.10 Å². The van der Waals surface area contributed by atoms with Crippen molar-refractivity contribution in [2.75, 3.05) is 11.9 Å². The second kappa shape index (κ2) is 9.66. The van der Waals surface area contributed by atoms with Crippen LogP contribution in [0.1, 0.15) is 25.8 Å². The summed E-state index contributed by atoms with van der Waals surface area (Å²) < 4.78 is 37.3. The van der Waals surface area contributed by atoms with Crippen molar-refractivity contribution in [3.05, 3.63) is 59.7 Å². The first kappa shape index (κ1) is 20.4. The Hall–Kier alpha value is -2.96. The highest BCUT2D eigenvalue weighted by molar-refractivity contribution is 5.95. The van der Waals surface area contributed by atoms with E-state index in [1.165, 1.54) is 6.92 Å². The van der Waals surface area contributed by atoms with E-state index in [9.17, 15) is 18.4 Å². The maximum absolute atomic E-state index is 13.6. The van der Waals surface area contributed by atoms with E-state index in [0.717, 1.165) is 23.8 Å². The molecule has 0 saturated heterocycles. The Kier molecular flexibility index (Phi) is 7.28. The van der Waals surface area contributed by atoms with Gasteiger partial charge in [-0.25, -0.2) is 8.78 Å². The van der Waals surface area contributed by atoms with Crippen molar-refractivity contribution < 1.29 is 27.8 Å². The van der Waals surface area contributed by atoms with E-state index in [2.05, 4.69) is 5.32 Å². The number of halogens is 2. The van der Waals surface area contributed by atoms with Crippen LogP contribution in [0.3, 0.4) is 0 Å². The number of esters is 1. The van der Waals surface area contributed by atoms with Gasteiger partial charge in [-0.2, -0.15) is 0 Å². The van der Waals surface area contributed by atoms with E-state index in [1.54, 1.807) is 0 Å². The zero-order valence-electron chi connectivity index (χ0n) is 15.1. The fraction of sp³-hybridized carbons (Fsp3) is 0.300. The molecule has 0 aliphatic carbocycles. The molecule has 5 nitrogen and oxygen atoms in total. The third kappa shape index (κ3) is 6.06. The number of benzene rings is 2. The second-order valence-corrected chi connectivity index (χ2v) is 5.79. The van der Waals surface area contributed by atoms with Crippen LogP contribution in [0.2, 0.25) is 0 Å². The molecule has 144 valence electrons. The van der Waals surface area contributed by atoms with Gasteiger partial charge in [0.1, 0.15) is 17.4 Å². The molecule has 1 atom stereocenters. The van der Waals surface area contributed by atoms with Gasteiger partial charge in [0.05, 0.1) is 12.3 Å². The minimum absolute atomic E-state index is 0.0516. The summed E-state index contributed by atoms with van der Waals surface area (Å²) >= 11 is 0. The molecule has 1 N–H and O–H groups in total. The number of amides is 1. The number of carbonyl (C=O) groups excluding carboxylic acids is 2. The predicted molar refractivity (Wildman–Crippen MR) is 96.5 cm³/mol. The van der Waals surface area contributed by atoms with Crippen molar-refractivity contribution in [1.29, 1.82) is 0 Å². The maximum atomic E-state index is 13.6. The van der Waals surface area contributed by atoms with E-state index in [-0.39, 0.29) is 12.1 Å². The van der Waals surface area contributed by atoms with E-state index < -0.39 is 29.6 Å². The number of ether oxygens (including phenoxy) is 2. The van der Waals surface area contributed by atoms with E-state index >= 15 is 0 Å². The summed E-state index contributed by atoms with van der Waals surface area (Å²) in [6.07, 6.45) is -0.708. The summed E-state index contributed by atoms with van der Waals surface area (Å²) in [5, 5.41) is 2.20. The Labute approximate surface area is 156 Å². The van der Waals surface area contributed by atoms with Gasteiger partial charge in [-0.05, 0) is 44.0 Å². The fourth-order valence-electron chi connectivity index (χ4n) is 2.38. The molecule has 2 aromatic carbocycles. The molecule has 7 heteroatoms. The highest BCUT2D eigenvalue weighted by atomic mass is 19.1. The molecular formula is C20H21F2NO4. The van der Waals surface area contributed by atoms with E-state index in [0.29, 0.717) is 18.8 Å². The molecule has 0 fully saturated rings. The Morgan fingerprint density at radius 3 is 2.63 bits per heavy atom. The first-order valence-electron chi connectivity index (χ1n) is 8.56. The maximum Gasteiger partial charge on any atom is 0.306 e. The summed E-state index contributed by atoms with van der Waals surface area (Å²) in [5.74, 6) is -2.11. The van der Waals surface area contributed by atoms with Crippen molar-refractivity contribution in [1.82, 2.24) is 0 Å². The molecular weight excluding hydrogens is 356 g/mol. The van der Waals surface area contributed by atoms with Gasteiger partial charge in [0, 0.05) is 12.5 Å². The van der Waals surface area contributed by atoms with Crippen molar-refractivity contribution in [3.8, 4) is 5.75 Å². The molecule has 2 aromatic rings. The van der Waals surface area contributed by atoms with Crippen LogP contribution in [0.5, 0.6) is 5.75 Å². The second-order valence-electron chi connectivity index (χ2n) is 5.79. The molecule has 27 heavy (non-hydrogen) atoms. The zero-order valence-corrected chi connectivity index (χ0v) is 15.1. The zero-order chi connectivity index (χ0) is 19.8. The third-order valence-corrected chi connectivity index (χ3v) is 3.73. The van der Waals surface area contributed by atoms with Gasteiger partial charge in [-0.15, -0.1) is 0 Å². The molecule has 0 unspecified atom stereocenters. The number of aryl methyl sites for hydroxylation is 1. The molecule has 2 rings (SSSR count). The SMILES string of the molecule is CCOc1ccccc1CCC(=O)O[C@@H](C)C(=O)Nc1cc(F)ccc1F. The first-order valence-corrected chi connectivity index (χ1v) is 8.56. The standard InChI is InChI=1S/C20H21F2NO4/c1-3-26-18-7-5-4-6-14(18)8-11-19(24)27-13(2)20(25)23-17-12-15(21)9-10-16(17)22/h4-7,9-10,12-13H,3,8,11H2,1-2H3,(H,23,25)/t13-/m0/s1. The van der Waals surface area contributed by atoms with Crippen LogP contribution in [0.25, 0.3) is 0 Å². The number of nitrogens with one attached hydrogen (secondary N) is 1. The van der Waals surface area contributed by atoms with Gasteiger partial charge < -0.3 is 14.8 Å². The van der Waals surface area contributed by atoms with E-state index in [1.807, 2.05) is 31.2 Å². The van der Waals surface area contributed by atoms with Crippen LogP contribution in [-0.2, 0) is 20.7 Å². The normalized spacial score (nSPS) is 11.6. The summed E-state index contributed by atoms with van der Waals surface area (Å²) in [6, 6.07) is 10.0. The van der Waals surface area contributed by atoms with Gasteiger partial charge in [-0.1, -0.05) is 18.2 Å². The molecule has 0 radical (unpaired) electrons. The highest BCUT2D eigenvalue weighted by Gasteiger charge is 2.19. The lowest BCUT2D eigenvalue weighted by atomic mass is 10.1. The van der Waals surface area contributed by atoms with Crippen LogP contribution in [-0.4, -0.2) is 24.6 Å². The summed E-state index contributed by atoms with van der Waals surface area (Å²) in [4.78, 5) is 24.0. The van der Waals surface area contributed by atoms with Gasteiger partial charge in [-0.3, -0.25) is 9.59 Å². The van der Waals surface area contributed by atoms with E-state index in [4.69, 9.17) is 9.47 Å². The number of carbonyl (C=O) groups is 2. The summed E-state index contributed by atoms with van der Waals surface area (Å²) in [6.45, 7) is 3.74. The van der Waals surface area contributed by atoms with Gasteiger partial charge in [0.2, 0.25) is 0 Å². The molecule has 0 bridgehead atoms. The fourth-order valence-corrected chi connectivity index (χ4v) is 2.38. The smallest absolute Gasteiger partial charge is 0.306 e. The molecule has 0 aliphatic heterocycles. The third-order valence-electron chi connectivity index (χ3n) is 3.73. The molecule has 0 saturated carbocycles. The molecule has 0 spiro atoms.